The Morgan fingerprint density at radius 1 is 0.290 bits per heavy atom. The monoisotopic (exact) mass is 1310 g/mol. The van der Waals surface area contributed by atoms with Crippen LogP contribution in [-0.2, 0) is 14.3 Å². The normalized spacial score (nSPS) is 12.4. The van der Waals surface area contributed by atoms with Gasteiger partial charge in [0.05, 0.1) is 25.4 Å². The summed E-state index contributed by atoms with van der Waals surface area (Å²) in [7, 11) is 0. The van der Waals surface area contributed by atoms with Gasteiger partial charge < -0.3 is 20.3 Å². The molecule has 2 atom stereocenters. The molecule has 0 fully saturated rings. The Hall–Kier alpha value is -1.40. The summed E-state index contributed by atoms with van der Waals surface area (Å²) in [4.78, 5) is 24.7. The van der Waals surface area contributed by atoms with Crippen molar-refractivity contribution in [3.8, 4) is 0 Å². The first kappa shape index (κ1) is 91.6. The van der Waals surface area contributed by atoms with Crippen LogP contribution in [0, 0.1) is 0 Å². The molecule has 0 aromatic rings. The zero-order valence-corrected chi connectivity index (χ0v) is 63.8. The Bertz CT molecular complexity index is 1420. The van der Waals surface area contributed by atoms with E-state index in [-0.39, 0.29) is 18.5 Å². The number of aliphatic hydroxyl groups excluding tert-OH is 2. The van der Waals surface area contributed by atoms with E-state index in [2.05, 4.69) is 31.3 Å². The average Bonchev–Trinajstić information content (AvgIpc) is 3.65. The fourth-order valence-electron chi connectivity index (χ4n) is 14.2. The summed E-state index contributed by atoms with van der Waals surface area (Å²) in [5.41, 5.74) is 0. The van der Waals surface area contributed by atoms with Crippen LogP contribution in [-0.4, -0.2) is 47.4 Å². The third kappa shape index (κ3) is 79.5. The highest BCUT2D eigenvalue weighted by Crippen LogP contribution is 2.21. The molecule has 0 saturated heterocycles. The Kier molecular flexibility index (Phi) is 81.8. The average molecular weight is 1310 g/mol. The molecule has 6 nitrogen and oxygen atoms in total. The van der Waals surface area contributed by atoms with E-state index >= 15 is 0 Å². The van der Waals surface area contributed by atoms with Crippen LogP contribution in [0.1, 0.15) is 508 Å². The van der Waals surface area contributed by atoms with Crippen LogP contribution >= 0.6 is 0 Å². The van der Waals surface area contributed by atoms with Crippen molar-refractivity contribution in [1.82, 2.24) is 5.32 Å². The van der Waals surface area contributed by atoms with Gasteiger partial charge in [0.25, 0.3) is 0 Å². The minimum Gasteiger partial charge on any atom is -0.466 e. The first-order chi connectivity index (χ1) is 46.0. The molecule has 0 aromatic heterocycles. The van der Waals surface area contributed by atoms with Gasteiger partial charge in [-0.15, -0.1) is 0 Å². The quantitative estimate of drug-likeness (QED) is 0.0320. The minimum absolute atomic E-state index is 0.0233. The van der Waals surface area contributed by atoms with E-state index in [1.165, 1.54) is 437 Å². The van der Waals surface area contributed by atoms with Crippen molar-refractivity contribution in [3.05, 3.63) is 12.2 Å². The lowest BCUT2D eigenvalue weighted by Crippen LogP contribution is -2.45. The van der Waals surface area contributed by atoms with Gasteiger partial charge in [0.15, 0.2) is 0 Å². The molecule has 93 heavy (non-hydrogen) atoms. The lowest BCUT2D eigenvalue weighted by Gasteiger charge is -2.22. The Balaban J connectivity index is 3.30. The van der Waals surface area contributed by atoms with Crippen LogP contribution in [0.4, 0.5) is 0 Å². The van der Waals surface area contributed by atoms with Gasteiger partial charge in [-0.05, 0) is 51.4 Å². The van der Waals surface area contributed by atoms with Crippen LogP contribution in [0.2, 0.25) is 0 Å². The second-order valence-corrected chi connectivity index (χ2v) is 30.2. The summed E-state index contributed by atoms with van der Waals surface area (Å²) in [6.45, 7) is 5.02. The minimum atomic E-state index is -0.661. The predicted molar refractivity (Wildman–Crippen MR) is 412 cm³/mol. The molecule has 0 bridgehead atoms. The van der Waals surface area contributed by atoms with E-state index in [0.29, 0.717) is 25.9 Å². The first-order valence-electron chi connectivity index (χ1n) is 43.4. The van der Waals surface area contributed by atoms with Crippen molar-refractivity contribution < 1.29 is 24.5 Å². The second-order valence-electron chi connectivity index (χ2n) is 30.2. The molecule has 1 amide bonds. The maximum Gasteiger partial charge on any atom is 0.305 e. The van der Waals surface area contributed by atoms with E-state index in [0.717, 1.165) is 38.5 Å². The van der Waals surface area contributed by atoms with Crippen molar-refractivity contribution in [1.29, 1.82) is 0 Å². The number of hydrogen-bond donors (Lipinski definition) is 3. The number of ether oxygens (including phenoxy) is 1. The molecule has 3 N–H and O–H groups in total. The van der Waals surface area contributed by atoms with Crippen molar-refractivity contribution in [2.24, 2.45) is 0 Å². The Morgan fingerprint density at radius 2 is 0.505 bits per heavy atom. The number of amides is 1. The zero-order valence-electron chi connectivity index (χ0n) is 63.8. The highest BCUT2D eigenvalue weighted by atomic mass is 16.5. The molecule has 2 unspecified atom stereocenters. The standard InChI is InChI=1S/C87H171NO5/c1-3-5-7-9-11-13-15-17-19-21-23-24-40-44-47-51-55-59-63-67-71-75-79-85(90)84(83-89)88-86(91)80-76-72-68-64-60-56-52-48-45-41-38-36-34-32-30-28-26-25-27-29-31-33-35-37-39-42-46-50-54-58-62-66-70-74-78-82-93-87(92)81-77-73-69-65-61-57-53-49-43-22-20-18-16-14-12-10-8-6-4-2/h18,20,84-85,89-90H,3-17,19,21-83H2,1-2H3,(H,88,91)/b20-18-. The molecule has 0 radical (unpaired) electrons. The molecular formula is C87H171NO5. The highest BCUT2D eigenvalue weighted by Gasteiger charge is 2.20. The van der Waals surface area contributed by atoms with Gasteiger partial charge in [-0.1, -0.05) is 456 Å². The smallest absolute Gasteiger partial charge is 0.305 e. The Labute approximate surface area is 584 Å². The lowest BCUT2D eigenvalue weighted by molar-refractivity contribution is -0.143. The summed E-state index contributed by atoms with van der Waals surface area (Å²) in [5.74, 6) is 0.000421. The number of esters is 1. The van der Waals surface area contributed by atoms with E-state index in [1.54, 1.807) is 0 Å². The first-order valence-corrected chi connectivity index (χ1v) is 43.4. The third-order valence-corrected chi connectivity index (χ3v) is 20.8. The van der Waals surface area contributed by atoms with Crippen LogP contribution in [0.5, 0.6) is 0 Å². The predicted octanol–water partition coefficient (Wildman–Crippen LogP) is 29.0. The Morgan fingerprint density at radius 3 is 0.763 bits per heavy atom. The number of allylic oxidation sites excluding steroid dienone is 2. The van der Waals surface area contributed by atoms with Gasteiger partial charge in [-0.25, -0.2) is 0 Å². The molecule has 0 spiro atoms. The fourth-order valence-corrected chi connectivity index (χ4v) is 14.2. The maximum atomic E-state index is 12.6. The van der Waals surface area contributed by atoms with E-state index in [9.17, 15) is 19.8 Å². The van der Waals surface area contributed by atoms with Gasteiger partial charge >= 0.3 is 5.97 Å². The van der Waals surface area contributed by atoms with Crippen molar-refractivity contribution in [2.45, 2.75) is 520 Å². The molecular weight excluding hydrogens is 1140 g/mol. The maximum absolute atomic E-state index is 12.6. The molecule has 6 heteroatoms. The molecule has 0 aliphatic heterocycles. The van der Waals surface area contributed by atoms with E-state index in [4.69, 9.17) is 4.74 Å². The summed E-state index contributed by atoms with van der Waals surface area (Å²) < 4.78 is 5.52. The summed E-state index contributed by atoms with van der Waals surface area (Å²) >= 11 is 0. The van der Waals surface area contributed by atoms with E-state index < -0.39 is 12.1 Å². The molecule has 0 saturated carbocycles. The number of carbonyl (C=O) groups excluding carboxylic acids is 2. The lowest BCUT2D eigenvalue weighted by atomic mass is 10.0. The SMILES string of the molecule is CCCCCCCC/C=C\CCCCCCCCCCCC(=O)OCCCCCCCCCCCCCCCCCCCCCCCCCCCCCCCCCCCCCC(=O)NC(CO)C(O)CCCCCCCCCCCCCCCCCCCCCCCC. The number of carbonyl (C=O) groups is 2. The number of nitrogens with one attached hydrogen (secondary N) is 1. The van der Waals surface area contributed by atoms with Crippen molar-refractivity contribution in [3.63, 3.8) is 0 Å². The van der Waals surface area contributed by atoms with E-state index in [1.807, 2.05) is 0 Å². The highest BCUT2D eigenvalue weighted by molar-refractivity contribution is 5.76. The van der Waals surface area contributed by atoms with Crippen LogP contribution in [0.15, 0.2) is 12.2 Å². The third-order valence-electron chi connectivity index (χ3n) is 20.8. The van der Waals surface area contributed by atoms with Gasteiger partial charge in [-0.2, -0.15) is 0 Å². The largest absolute Gasteiger partial charge is 0.466 e. The molecule has 0 aliphatic carbocycles. The number of hydrogen-bond acceptors (Lipinski definition) is 5. The fraction of sp³-hybridized carbons (Fsp3) is 0.954. The number of aliphatic hydroxyl groups is 2. The topological polar surface area (TPSA) is 95.9 Å². The number of rotatable bonds is 83. The summed E-state index contributed by atoms with van der Waals surface area (Å²) in [6.07, 6.45) is 106. The zero-order chi connectivity index (χ0) is 67.0. The molecule has 0 rings (SSSR count). The van der Waals surface area contributed by atoms with Gasteiger partial charge in [0.2, 0.25) is 5.91 Å². The molecule has 554 valence electrons. The summed E-state index contributed by atoms with van der Waals surface area (Å²) in [6, 6.07) is -0.538. The number of unbranched alkanes of at least 4 members (excludes halogenated alkanes) is 70. The van der Waals surface area contributed by atoms with Gasteiger partial charge in [0, 0.05) is 12.8 Å². The van der Waals surface area contributed by atoms with Crippen molar-refractivity contribution >= 4 is 11.9 Å². The van der Waals surface area contributed by atoms with Crippen LogP contribution in [0.3, 0.4) is 0 Å². The van der Waals surface area contributed by atoms with Gasteiger partial charge in [0.1, 0.15) is 0 Å². The molecule has 0 aromatic carbocycles. The molecule has 0 aliphatic rings. The second kappa shape index (κ2) is 83.0. The van der Waals surface area contributed by atoms with Gasteiger partial charge in [-0.3, -0.25) is 9.59 Å². The molecule has 0 heterocycles. The van der Waals surface area contributed by atoms with Crippen LogP contribution in [0.25, 0.3) is 0 Å². The summed E-state index contributed by atoms with van der Waals surface area (Å²) in [5, 5.41) is 23.5. The van der Waals surface area contributed by atoms with Crippen LogP contribution < -0.4 is 5.32 Å². The van der Waals surface area contributed by atoms with Crippen molar-refractivity contribution in [2.75, 3.05) is 13.2 Å².